The molecule has 90 valence electrons. The first-order valence-electron chi connectivity index (χ1n) is 6.25. The highest BCUT2D eigenvalue weighted by Crippen LogP contribution is 2.18. The standard InChI is InChI=1S/C12H26N2O/c1-3-7-12(2,15)9-14-11-6-4-5-10(13)8-11/h10-11,14-15H,3-9,13H2,1-2H3. The van der Waals surface area contributed by atoms with E-state index in [0.717, 1.165) is 25.7 Å². The van der Waals surface area contributed by atoms with Crippen LogP contribution in [0.2, 0.25) is 0 Å². The van der Waals surface area contributed by atoms with E-state index in [1.54, 1.807) is 0 Å². The van der Waals surface area contributed by atoms with Crippen molar-refractivity contribution < 1.29 is 5.11 Å². The second kappa shape index (κ2) is 5.83. The van der Waals surface area contributed by atoms with Crippen LogP contribution < -0.4 is 11.1 Å². The van der Waals surface area contributed by atoms with Crippen molar-refractivity contribution >= 4 is 0 Å². The summed E-state index contributed by atoms with van der Waals surface area (Å²) in [6, 6.07) is 0.865. The van der Waals surface area contributed by atoms with Crippen molar-refractivity contribution in [1.29, 1.82) is 0 Å². The Morgan fingerprint density at radius 3 is 2.80 bits per heavy atom. The average Bonchev–Trinajstić information content (AvgIpc) is 2.15. The molecular formula is C12H26N2O. The minimum absolute atomic E-state index is 0.354. The van der Waals surface area contributed by atoms with Crippen molar-refractivity contribution in [2.45, 2.75) is 70.1 Å². The molecule has 0 saturated heterocycles. The molecule has 3 atom stereocenters. The molecule has 0 heterocycles. The average molecular weight is 214 g/mol. The predicted molar refractivity (Wildman–Crippen MR) is 63.8 cm³/mol. The summed E-state index contributed by atoms with van der Waals surface area (Å²) in [6.45, 7) is 4.70. The van der Waals surface area contributed by atoms with Crippen molar-refractivity contribution in [2.75, 3.05) is 6.54 Å². The third-order valence-electron chi connectivity index (χ3n) is 3.27. The van der Waals surface area contributed by atoms with E-state index < -0.39 is 5.60 Å². The molecule has 15 heavy (non-hydrogen) atoms. The second-order valence-electron chi connectivity index (χ2n) is 5.25. The zero-order valence-corrected chi connectivity index (χ0v) is 10.1. The fourth-order valence-corrected chi connectivity index (χ4v) is 2.40. The van der Waals surface area contributed by atoms with Gasteiger partial charge in [-0.05, 0) is 32.6 Å². The second-order valence-corrected chi connectivity index (χ2v) is 5.25. The Hall–Kier alpha value is -0.120. The molecule has 4 N–H and O–H groups in total. The van der Waals surface area contributed by atoms with E-state index in [-0.39, 0.29) is 0 Å². The lowest BCUT2D eigenvalue weighted by atomic mass is 9.91. The van der Waals surface area contributed by atoms with Gasteiger partial charge in [-0.15, -0.1) is 0 Å². The van der Waals surface area contributed by atoms with Crippen LogP contribution in [0.15, 0.2) is 0 Å². The molecule has 1 aliphatic rings. The highest BCUT2D eigenvalue weighted by molar-refractivity contribution is 4.83. The van der Waals surface area contributed by atoms with E-state index in [9.17, 15) is 5.11 Å². The number of nitrogens with two attached hydrogens (primary N) is 1. The largest absolute Gasteiger partial charge is 0.389 e. The Kier molecular flexibility index (Phi) is 5.03. The van der Waals surface area contributed by atoms with Crippen molar-refractivity contribution in [1.82, 2.24) is 5.32 Å². The van der Waals surface area contributed by atoms with Crippen molar-refractivity contribution in [2.24, 2.45) is 5.73 Å². The first-order chi connectivity index (χ1) is 7.03. The van der Waals surface area contributed by atoms with Gasteiger partial charge in [-0.1, -0.05) is 19.8 Å². The number of nitrogens with one attached hydrogen (secondary N) is 1. The minimum atomic E-state index is -0.559. The molecule has 1 aliphatic carbocycles. The van der Waals surface area contributed by atoms with Gasteiger partial charge in [0.05, 0.1) is 5.60 Å². The van der Waals surface area contributed by atoms with E-state index in [2.05, 4.69) is 12.2 Å². The monoisotopic (exact) mass is 214 g/mol. The Morgan fingerprint density at radius 2 is 2.20 bits per heavy atom. The highest BCUT2D eigenvalue weighted by atomic mass is 16.3. The number of aliphatic hydroxyl groups is 1. The van der Waals surface area contributed by atoms with Crippen LogP contribution in [0.4, 0.5) is 0 Å². The molecule has 0 aromatic heterocycles. The summed E-state index contributed by atoms with van der Waals surface area (Å²) < 4.78 is 0. The first kappa shape index (κ1) is 12.9. The molecule has 3 unspecified atom stereocenters. The number of rotatable bonds is 5. The van der Waals surface area contributed by atoms with Crippen molar-refractivity contribution in [3.8, 4) is 0 Å². The summed E-state index contributed by atoms with van der Waals surface area (Å²) in [6.07, 6.45) is 6.52. The third kappa shape index (κ3) is 4.96. The maximum absolute atomic E-state index is 10.0. The summed E-state index contributed by atoms with van der Waals surface area (Å²) >= 11 is 0. The molecule has 3 heteroatoms. The van der Waals surface area contributed by atoms with Gasteiger partial charge in [-0.25, -0.2) is 0 Å². The minimum Gasteiger partial charge on any atom is -0.389 e. The fourth-order valence-electron chi connectivity index (χ4n) is 2.40. The maximum Gasteiger partial charge on any atom is 0.0743 e. The van der Waals surface area contributed by atoms with Gasteiger partial charge >= 0.3 is 0 Å². The molecule has 0 amide bonds. The first-order valence-corrected chi connectivity index (χ1v) is 6.25. The Labute approximate surface area is 93.4 Å². The van der Waals surface area contributed by atoms with E-state index in [0.29, 0.717) is 18.6 Å². The lowest BCUT2D eigenvalue weighted by Crippen LogP contribution is -2.46. The van der Waals surface area contributed by atoms with E-state index in [4.69, 9.17) is 5.73 Å². The van der Waals surface area contributed by atoms with E-state index in [1.165, 1.54) is 12.8 Å². The van der Waals surface area contributed by atoms with Gasteiger partial charge in [0.25, 0.3) is 0 Å². The molecule has 1 fully saturated rings. The van der Waals surface area contributed by atoms with Gasteiger partial charge in [-0.2, -0.15) is 0 Å². The number of hydrogen-bond donors (Lipinski definition) is 3. The maximum atomic E-state index is 10.0. The molecule has 0 aromatic carbocycles. The van der Waals surface area contributed by atoms with Gasteiger partial charge in [0.1, 0.15) is 0 Å². The van der Waals surface area contributed by atoms with Gasteiger partial charge in [0, 0.05) is 18.6 Å². The molecule has 0 bridgehead atoms. The highest BCUT2D eigenvalue weighted by Gasteiger charge is 2.23. The van der Waals surface area contributed by atoms with Crippen LogP contribution in [-0.4, -0.2) is 29.3 Å². The van der Waals surface area contributed by atoms with Crippen LogP contribution in [0.1, 0.15) is 52.4 Å². The summed E-state index contributed by atoms with van der Waals surface area (Å²) in [7, 11) is 0. The van der Waals surface area contributed by atoms with Gasteiger partial charge < -0.3 is 16.2 Å². The molecule has 0 spiro atoms. The summed E-state index contributed by atoms with van der Waals surface area (Å²) in [5.74, 6) is 0. The van der Waals surface area contributed by atoms with Gasteiger partial charge in [0.15, 0.2) is 0 Å². The Morgan fingerprint density at radius 1 is 1.47 bits per heavy atom. The van der Waals surface area contributed by atoms with Crippen LogP contribution >= 0.6 is 0 Å². The fraction of sp³-hybridized carbons (Fsp3) is 1.00. The lowest BCUT2D eigenvalue weighted by molar-refractivity contribution is 0.0454. The van der Waals surface area contributed by atoms with Crippen LogP contribution in [0, 0.1) is 0 Å². The van der Waals surface area contributed by atoms with Crippen molar-refractivity contribution in [3.63, 3.8) is 0 Å². The third-order valence-corrected chi connectivity index (χ3v) is 3.27. The Bertz CT molecular complexity index is 182. The van der Waals surface area contributed by atoms with Gasteiger partial charge in [0.2, 0.25) is 0 Å². The zero-order valence-electron chi connectivity index (χ0n) is 10.1. The molecule has 0 aliphatic heterocycles. The van der Waals surface area contributed by atoms with E-state index in [1.807, 2.05) is 6.92 Å². The summed E-state index contributed by atoms with van der Waals surface area (Å²) in [5, 5.41) is 13.5. The lowest BCUT2D eigenvalue weighted by Gasteiger charge is -2.31. The van der Waals surface area contributed by atoms with E-state index >= 15 is 0 Å². The Balaban J connectivity index is 2.23. The smallest absolute Gasteiger partial charge is 0.0743 e. The summed E-state index contributed by atoms with van der Waals surface area (Å²) in [4.78, 5) is 0. The molecule has 3 nitrogen and oxygen atoms in total. The predicted octanol–water partition coefficient (Wildman–Crippen LogP) is 1.40. The van der Waals surface area contributed by atoms with Crippen LogP contribution in [0.3, 0.4) is 0 Å². The number of hydrogen-bond acceptors (Lipinski definition) is 3. The molecule has 1 rings (SSSR count). The quantitative estimate of drug-likeness (QED) is 0.648. The topological polar surface area (TPSA) is 58.3 Å². The molecule has 0 radical (unpaired) electrons. The molecule has 0 aromatic rings. The molecular weight excluding hydrogens is 188 g/mol. The summed E-state index contributed by atoms with van der Waals surface area (Å²) in [5.41, 5.74) is 5.36. The SMILES string of the molecule is CCCC(C)(O)CNC1CCCC(N)C1. The van der Waals surface area contributed by atoms with Crippen molar-refractivity contribution in [3.05, 3.63) is 0 Å². The van der Waals surface area contributed by atoms with Crippen LogP contribution in [0.25, 0.3) is 0 Å². The molecule has 1 saturated carbocycles. The zero-order chi connectivity index (χ0) is 11.3. The normalized spacial score (nSPS) is 31.2. The van der Waals surface area contributed by atoms with Gasteiger partial charge in [-0.3, -0.25) is 0 Å². The van der Waals surface area contributed by atoms with Crippen LogP contribution in [0.5, 0.6) is 0 Å². The van der Waals surface area contributed by atoms with Crippen LogP contribution in [-0.2, 0) is 0 Å².